The highest BCUT2D eigenvalue weighted by Crippen LogP contribution is 2.34. The van der Waals surface area contributed by atoms with Crippen LogP contribution >= 0.6 is 15.9 Å². The Morgan fingerprint density at radius 3 is 2.53 bits per heavy atom. The number of carbonyl (C=O) groups excluding carboxylic acids is 2. The molecule has 2 rings (SSSR count). The van der Waals surface area contributed by atoms with Crippen LogP contribution in [-0.2, 0) is 14.3 Å². The number of ether oxygens (including phenoxy) is 3. The van der Waals surface area contributed by atoms with Crippen molar-refractivity contribution < 1.29 is 23.8 Å². The number of methoxy groups -OCH3 is 2. The Balaban J connectivity index is 2.32. The molecule has 8 heteroatoms. The van der Waals surface area contributed by atoms with Gasteiger partial charge in [-0.15, -0.1) is 0 Å². The topological polar surface area (TPSA) is 97.7 Å². The number of rotatable bonds is 7. The minimum absolute atomic E-state index is 0.0816. The number of nitriles is 1. The molecular weight excluding hydrogens is 452 g/mol. The van der Waals surface area contributed by atoms with Crippen LogP contribution in [0.5, 0.6) is 11.5 Å². The minimum Gasteiger partial charge on any atom is -0.493 e. The number of halogens is 1. The number of anilines is 1. The van der Waals surface area contributed by atoms with Gasteiger partial charge < -0.3 is 19.5 Å². The van der Waals surface area contributed by atoms with Gasteiger partial charge >= 0.3 is 5.97 Å². The van der Waals surface area contributed by atoms with Crippen molar-refractivity contribution >= 4 is 39.6 Å². The molecule has 0 bridgehead atoms. The lowest BCUT2D eigenvalue weighted by Crippen LogP contribution is -2.14. The fourth-order valence-electron chi connectivity index (χ4n) is 2.49. The predicted molar refractivity (Wildman–Crippen MR) is 116 cm³/mol. The highest BCUT2D eigenvalue weighted by molar-refractivity contribution is 9.10. The van der Waals surface area contributed by atoms with E-state index in [-0.39, 0.29) is 12.2 Å². The van der Waals surface area contributed by atoms with Gasteiger partial charge in [-0.2, -0.15) is 5.26 Å². The summed E-state index contributed by atoms with van der Waals surface area (Å²) in [7, 11) is 2.71. The third-order valence-electron chi connectivity index (χ3n) is 4.16. The molecule has 0 saturated carbocycles. The van der Waals surface area contributed by atoms with Crippen molar-refractivity contribution in [1.82, 2.24) is 0 Å². The molecule has 30 heavy (non-hydrogen) atoms. The van der Waals surface area contributed by atoms with Crippen molar-refractivity contribution in [3.63, 3.8) is 0 Å². The molecule has 0 aromatic heterocycles. The zero-order valence-corrected chi connectivity index (χ0v) is 18.6. The van der Waals surface area contributed by atoms with Gasteiger partial charge in [0.1, 0.15) is 11.6 Å². The zero-order valence-electron chi connectivity index (χ0n) is 17.0. The molecule has 1 N–H and O–H groups in total. The molecule has 0 saturated heterocycles. The van der Waals surface area contributed by atoms with Crippen molar-refractivity contribution in [1.29, 1.82) is 5.26 Å². The van der Waals surface area contributed by atoms with Crippen molar-refractivity contribution in [2.75, 3.05) is 26.1 Å². The van der Waals surface area contributed by atoms with E-state index in [9.17, 15) is 14.9 Å². The van der Waals surface area contributed by atoms with Crippen molar-refractivity contribution in [3.8, 4) is 17.6 Å². The molecule has 7 nitrogen and oxygen atoms in total. The first-order valence-corrected chi connectivity index (χ1v) is 9.66. The van der Waals surface area contributed by atoms with E-state index >= 15 is 0 Å². The molecule has 0 spiro atoms. The summed E-state index contributed by atoms with van der Waals surface area (Å²) < 4.78 is 15.8. The number of benzene rings is 2. The van der Waals surface area contributed by atoms with Crippen LogP contribution in [-0.4, -0.2) is 32.7 Å². The first kappa shape index (κ1) is 23.0. The maximum atomic E-state index is 12.6. The summed E-state index contributed by atoms with van der Waals surface area (Å²) >= 11 is 3.39. The molecule has 0 fully saturated rings. The lowest BCUT2D eigenvalue weighted by atomic mass is 10.1. The summed E-state index contributed by atoms with van der Waals surface area (Å²) in [5.41, 5.74) is 2.98. The molecule has 2 aromatic carbocycles. The Hall–Kier alpha value is -3.31. The summed E-state index contributed by atoms with van der Waals surface area (Å²) in [5.74, 6) is -0.416. The molecule has 156 valence electrons. The molecule has 0 aliphatic heterocycles. The van der Waals surface area contributed by atoms with Crippen LogP contribution in [0.15, 0.2) is 40.4 Å². The number of amides is 1. The van der Waals surface area contributed by atoms with Gasteiger partial charge in [0.05, 0.1) is 14.2 Å². The van der Waals surface area contributed by atoms with Gasteiger partial charge in [0.2, 0.25) is 0 Å². The standard InChI is InChI=1S/C22H21BrN2O5/c1-13-5-6-14(2)18(7-13)25-22(27)16(11-24)8-15-9-19(28-3)20(10-17(15)23)30-12-21(26)29-4/h5-10H,12H2,1-4H3,(H,25,27)/b16-8+. The van der Waals surface area contributed by atoms with Gasteiger partial charge in [0.15, 0.2) is 18.1 Å². The Bertz CT molecular complexity index is 1040. The fourth-order valence-corrected chi connectivity index (χ4v) is 2.93. The monoisotopic (exact) mass is 472 g/mol. The second-order valence-corrected chi connectivity index (χ2v) is 7.19. The molecule has 2 aromatic rings. The van der Waals surface area contributed by atoms with Crippen molar-refractivity contribution in [2.24, 2.45) is 0 Å². The molecule has 1 amide bonds. The number of aryl methyl sites for hydroxylation is 2. The fraction of sp³-hybridized carbons (Fsp3) is 0.227. The Labute approximate surface area is 183 Å². The molecule has 0 radical (unpaired) electrons. The highest BCUT2D eigenvalue weighted by Gasteiger charge is 2.15. The molecule has 0 aliphatic rings. The minimum atomic E-state index is -0.535. The van der Waals surface area contributed by atoms with E-state index < -0.39 is 11.9 Å². The van der Waals surface area contributed by atoms with Gasteiger partial charge in [-0.05, 0) is 54.8 Å². The quantitative estimate of drug-likeness (QED) is 0.368. The molecular formula is C22H21BrN2O5. The largest absolute Gasteiger partial charge is 0.493 e. The summed E-state index contributed by atoms with van der Waals surface area (Å²) in [5, 5.41) is 12.3. The van der Waals surface area contributed by atoms with Gasteiger partial charge in [-0.1, -0.05) is 28.1 Å². The Morgan fingerprint density at radius 1 is 1.17 bits per heavy atom. The lowest BCUT2D eigenvalue weighted by molar-refractivity contribution is -0.142. The van der Waals surface area contributed by atoms with Crippen LogP contribution in [0.3, 0.4) is 0 Å². The average molecular weight is 473 g/mol. The Kier molecular flexibility index (Phi) is 8.01. The number of nitrogens with one attached hydrogen (secondary N) is 1. The zero-order chi connectivity index (χ0) is 22.3. The number of esters is 1. The van der Waals surface area contributed by atoms with Crippen molar-refractivity contribution in [2.45, 2.75) is 13.8 Å². The van der Waals surface area contributed by atoms with E-state index in [1.54, 1.807) is 12.1 Å². The van der Waals surface area contributed by atoms with Gasteiger partial charge in [0, 0.05) is 10.2 Å². The van der Waals surface area contributed by atoms with Crippen LogP contribution in [0.2, 0.25) is 0 Å². The van der Waals surface area contributed by atoms with Gasteiger partial charge in [0.25, 0.3) is 5.91 Å². The maximum Gasteiger partial charge on any atom is 0.343 e. The Morgan fingerprint density at radius 2 is 1.90 bits per heavy atom. The first-order valence-electron chi connectivity index (χ1n) is 8.86. The second-order valence-electron chi connectivity index (χ2n) is 6.33. The summed E-state index contributed by atoms with van der Waals surface area (Å²) in [6.45, 7) is 3.51. The van der Waals surface area contributed by atoms with Gasteiger partial charge in [-0.25, -0.2) is 4.79 Å². The summed E-state index contributed by atoms with van der Waals surface area (Å²) in [6.07, 6.45) is 1.44. The van der Waals surface area contributed by atoms with Crippen LogP contribution in [0, 0.1) is 25.2 Å². The molecule has 0 atom stereocenters. The van der Waals surface area contributed by atoms with Crippen LogP contribution in [0.25, 0.3) is 6.08 Å². The van der Waals surface area contributed by atoms with E-state index in [1.807, 2.05) is 38.1 Å². The third-order valence-corrected chi connectivity index (χ3v) is 4.85. The average Bonchev–Trinajstić information content (AvgIpc) is 2.73. The van der Waals surface area contributed by atoms with E-state index in [1.165, 1.54) is 20.3 Å². The summed E-state index contributed by atoms with van der Waals surface area (Å²) in [4.78, 5) is 23.9. The normalized spacial score (nSPS) is 10.7. The number of hydrogen-bond acceptors (Lipinski definition) is 6. The number of nitrogens with zero attached hydrogens (tertiary/aromatic N) is 1. The number of hydrogen-bond donors (Lipinski definition) is 1. The lowest BCUT2D eigenvalue weighted by Gasteiger charge is -2.12. The maximum absolute atomic E-state index is 12.6. The summed E-state index contributed by atoms with van der Waals surface area (Å²) in [6, 6.07) is 10.8. The SMILES string of the molecule is COC(=O)COc1cc(Br)c(/C=C(\C#N)C(=O)Nc2cc(C)ccc2C)cc1OC. The predicted octanol–water partition coefficient (Wildman–Crippen LogP) is 4.17. The van der Waals surface area contributed by atoms with Gasteiger partial charge in [-0.3, -0.25) is 4.79 Å². The highest BCUT2D eigenvalue weighted by atomic mass is 79.9. The van der Waals surface area contributed by atoms with E-state index in [4.69, 9.17) is 9.47 Å². The van der Waals surface area contributed by atoms with E-state index in [2.05, 4.69) is 26.0 Å². The number of carbonyl (C=O) groups is 2. The molecule has 0 aliphatic carbocycles. The smallest absolute Gasteiger partial charge is 0.343 e. The van der Waals surface area contributed by atoms with Crippen LogP contribution in [0.4, 0.5) is 5.69 Å². The van der Waals surface area contributed by atoms with E-state index in [0.717, 1.165) is 11.1 Å². The third kappa shape index (κ3) is 5.84. The second kappa shape index (κ2) is 10.5. The van der Waals surface area contributed by atoms with E-state index in [0.29, 0.717) is 27.2 Å². The van der Waals surface area contributed by atoms with Crippen LogP contribution in [0.1, 0.15) is 16.7 Å². The first-order chi connectivity index (χ1) is 14.3. The molecule has 0 heterocycles. The molecule has 0 unspecified atom stereocenters. The van der Waals surface area contributed by atoms with Crippen molar-refractivity contribution in [3.05, 3.63) is 57.1 Å². The van der Waals surface area contributed by atoms with Crippen LogP contribution < -0.4 is 14.8 Å².